The maximum atomic E-state index is 15.4. The third-order valence-electron chi connectivity index (χ3n) is 6.91. The minimum absolute atomic E-state index is 0.00561. The number of halogens is 2. The normalized spacial score (nSPS) is 14.6. The summed E-state index contributed by atoms with van der Waals surface area (Å²) < 4.78 is 29.0. The Kier molecular flexibility index (Phi) is 9.76. The highest BCUT2D eigenvalue weighted by Gasteiger charge is 2.29. The van der Waals surface area contributed by atoms with E-state index < -0.39 is 11.7 Å². The minimum Gasteiger partial charge on any atom is -0.369 e. The SMILES string of the molecule is N#Cc1ccccc1-c1nc(NCCc2cccc(F)c2)c(C(=O)NC[C@H]2CCCN2C(=O)CCCN)cc1F. The summed E-state index contributed by atoms with van der Waals surface area (Å²) in [6.07, 6.45) is 2.99. The molecule has 1 fully saturated rings. The van der Waals surface area contributed by atoms with Crippen LogP contribution in [0.2, 0.25) is 0 Å². The van der Waals surface area contributed by atoms with Gasteiger partial charge in [0.2, 0.25) is 5.91 Å². The highest BCUT2D eigenvalue weighted by molar-refractivity contribution is 5.99. The van der Waals surface area contributed by atoms with E-state index in [1.54, 1.807) is 41.3 Å². The number of carbonyl (C=O) groups excluding carboxylic acids is 2. The molecule has 4 N–H and O–H groups in total. The van der Waals surface area contributed by atoms with Crippen molar-refractivity contribution in [3.05, 3.63) is 82.9 Å². The first-order valence-corrected chi connectivity index (χ1v) is 13.4. The number of aromatic nitrogens is 1. The Morgan fingerprint density at radius 2 is 1.98 bits per heavy atom. The number of amides is 2. The van der Waals surface area contributed by atoms with Crippen molar-refractivity contribution in [2.75, 3.05) is 31.5 Å². The minimum atomic E-state index is -0.747. The summed E-state index contributed by atoms with van der Waals surface area (Å²) in [6.45, 7) is 1.58. The third-order valence-corrected chi connectivity index (χ3v) is 6.91. The molecule has 0 unspecified atom stereocenters. The molecule has 1 atom stereocenters. The van der Waals surface area contributed by atoms with E-state index in [9.17, 15) is 19.2 Å². The molecule has 0 aliphatic carbocycles. The summed E-state index contributed by atoms with van der Waals surface area (Å²) in [4.78, 5) is 32.0. The molecular weight excluding hydrogens is 514 g/mol. The van der Waals surface area contributed by atoms with Crippen LogP contribution in [0.3, 0.4) is 0 Å². The Balaban J connectivity index is 1.56. The summed E-state index contributed by atoms with van der Waals surface area (Å²) in [5.74, 6) is -1.49. The van der Waals surface area contributed by atoms with Gasteiger partial charge in [-0.2, -0.15) is 5.26 Å². The highest BCUT2D eigenvalue weighted by Crippen LogP contribution is 2.28. The molecule has 208 valence electrons. The van der Waals surface area contributed by atoms with E-state index >= 15 is 4.39 Å². The zero-order valence-corrected chi connectivity index (χ0v) is 22.1. The topological polar surface area (TPSA) is 124 Å². The fourth-order valence-corrected chi connectivity index (χ4v) is 4.87. The number of anilines is 1. The first kappa shape index (κ1) is 28.6. The number of nitrogens with one attached hydrogen (secondary N) is 2. The molecule has 0 saturated carbocycles. The Morgan fingerprint density at radius 3 is 2.75 bits per heavy atom. The van der Waals surface area contributed by atoms with Crippen molar-refractivity contribution in [1.29, 1.82) is 5.26 Å². The third kappa shape index (κ3) is 6.98. The van der Waals surface area contributed by atoms with Gasteiger partial charge in [0, 0.05) is 37.7 Å². The second-order valence-electron chi connectivity index (χ2n) is 9.66. The van der Waals surface area contributed by atoms with Gasteiger partial charge in [0.1, 0.15) is 23.1 Å². The number of carbonyl (C=O) groups is 2. The molecule has 8 nitrogen and oxygen atoms in total. The van der Waals surface area contributed by atoms with Gasteiger partial charge < -0.3 is 21.3 Å². The van der Waals surface area contributed by atoms with Crippen LogP contribution in [0.25, 0.3) is 11.3 Å². The van der Waals surface area contributed by atoms with Crippen LogP contribution in [0.15, 0.2) is 54.6 Å². The van der Waals surface area contributed by atoms with Crippen LogP contribution >= 0.6 is 0 Å². The average molecular weight is 547 g/mol. The fraction of sp³-hybridized carbons (Fsp3) is 0.333. The van der Waals surface area contributed by atoms with E-state index in [2.05, 4.69) is 15.6 Å². The number of pyridine rings is 1. The van der Waals surface area contributed by atoms with Crippen molar-refractivity contribution >= 4 is 17.6 Å². The lowest BCUT2D eigenvalue weighted by atomic mass is 10.0. The molecule has 4 rings (SSSR count). The number of benzene rings is 2. The fourth-order valence-electron chi connectivity index (χ4n) is 4.87. The predicted octanol–water partition coefficient (Wildman–Crippen LogP) is 4.01. The highest BCUT2D eigenvalue weighted by atomic mass is 19.1. The molecule has 0 spiro atoms. The first-order valence-electron chi connectivity index (χ1n) is 13.4. The lowest BCUT2D eigenvalue weighted by Gasteiger charge is -2.25. The number of hydrogen-bond acceptors (Lipinski definition) is 6. The molecule has 2 amide bonds. The Labute approximate surface area is 232 Å². The van der Waals surface area contributed by atoms with Crippen LogP contribution in [0, 0.1) is 23.0 Å². The van der Waals surface area contributed by atoms with Crippen molar-refractivity contribution in [2.45, 2.75) is 38.1 Å². The van der Waals surface area contributed by atoms with Crippen LogP contribution in [0.4, 0.5) is 14.6 Å². The largest absolute Gasteiger partial charge is 0.369 e. The predicted molar refractivity (Wildman–Crippen MR) is 148 cm³/mol. The zero-order valence-electron chi connectivity index (χ0n) is 22.1. The summed E-state index contributed by atoms with van der Waals surface area (Å²) in [5, 5.41) is 15.4. The van der Waals surface area contributed by atoms with Gasteiger partial charge in [0.05, 0.1) is 17.2 Å². The summed E-state index contributed by atoms with van der Waals surface area (Å²) >= 11 is 0. The van der Waals surface area contributed by atoms with Gasteiger partial charge in [0.25, 0.3) is 5.91 Å². The number of nitrogens with two attached hydrogens (primary N) is 1. The number of nitrogens with zero attached hydrogens (tertiary/aromatic N) is 3. The second-order valence-corrected chi connectivity index (χ2v) is 9.66. The van der Waals surface area contributed by atoms with Gasteiger partial charge >= 0.3 is 0 Å². The van der Waals surface area contributed by atoms with Gasteiger partial charge in [-0.3, -0.25) is 9.59 Å². The molecule has 1 saturated heterocycles. The van der Waals surface area contributed by atoms with Crippen LogP contribution in [-0.2, 0) is 11.2 Å². The molecule has 0 bridgehead atoms. The first-order chi connectivity index (χ1) is 19.4. The van der Waals surface area contributed by atoms with Crippen molar-refractivity contribution in [2.24, 2.45) is 5.73 Å². The maximum Gasteiger partial charge on any atom is 0.255 e. The van der Waals surface area contributed by atoms with E-state index in [4.69, 9.17) is 5.73 Å². The lowest BCUT2D eigenvalue weighted by Crippen LogP contribution is -2.43. The number of nitriles is 1. The molecule has 1 aliphatic rings. The average Bonchev–Trinajstić information content (AvgIpc) is 3.44. The quantitative estimate of drug-likeness (QED) is 0.334. The molecule has 2 heterocycles. The number of likely N-dealkylation sites (tertiary alicyclic amines) is 1. The lowest BCUT2D eigenvalue weighted by molar-refractivity contribution is -0.132. The van der Waals surface area contributed by atoms with Crippen molar-refractivity contribution in [3.63, 3.8) is 0 Å². The molecule has 1 aromatic heterocycles. The van der Waals surface area contributed by atoms with E-state index in [1.807, 2.05) is 6.07 Å². The second kappa shape index (κ2) is 13.6. The van der Waals surface area contributed by atoms with Gasteiger partial charge in [-0.15, -0.1) is 0 Å². The van der Waals surface area contributed by atoms with E-state index in [0.717, 1.165) is 24.5 Å². The molecule has 3 aromatic rings. The van der Waals surface area contributed by atoms with Gasteiger partial charge in [-0.25, -0.2) is 13.8 Å². The van der Waals surface area contributed by atoms with Crippen molar-refractivity contribution in [1.82, 2.24) is 15.2 Å². The van der Waals surface area contributed by atoms with E-state index in [-0.39, 0.29) is 46.9 Å². The Morgan fingerprint density at radius 1 is 1.15 bits per heavy atom. The monoisotopic (exact) mass is 546 g/mol. The summed E-state index contributed by atoms with van der Waals surface area (Å²) in [5.41, 5.74) is 6.77. The molecule has 1 aliphatic heterocycles. The van der Waals surface area contributed by atoms with Gasteiger partial charge in [-0.1, -0.05) is 30.3 Å². The number of hydrogen-bond donors (Lipinski definition) is 3. The van der Waals surface area contributed by atoms with E-state index in [0.29, 0.717) is 44.5 Å². The smallest absolute Gasteiger partial charge is 0.255 e. The van der Waals surface area contributed by atoms with Gasteiger partial charge in [-0.05, 0) is 62.1 Å². The summed E-state index contributed by atoms with van der Waals surface area (Å²) in [6, 6.07) is 15.7. The molecular formula is C30H32F2N6O2. The zero-order chi connectivity index (χ0) is 28.5. The molecule has 10 heteroatoms. The van der Waals surface area contributed by atoms with Crippen LogP contribution in [0.1, 0.15) is 47.2 Å². The van der Waals surface area contributed by atoms with Crippen LogP contribution in [0.5, 0.6) is 0 Å². The Hall–Kier alpha value is -4.36. The maximum absolute atomic E-state index is 15.4. The summed E-state index contributed by atoms with van der Waals surface area (Å²) in [7, 11) is 0. The molecule has 0 radical (unpaired) electrons. The van der Waals surface area contributed by atoms with Crippen LogP contribution < -0.4 is 16.4 Å². The van der Waals surface area contributed by atoms with Gasteiger partial charge in [0.15, 0.2) is 0 Å². The standard InChI is InChI=1S/C30H32F2N6O2/c31-22-8-3-6-20(16-22)12-14-35-29-25(17-26(32)28(37-29)24-10-2-1-7-21(24)18-34)30(40)36-19-23-9-5-15-38(23)27(39)11-4-13-33/h1-3,6-8,10,16-17,23H,4-5,9,11-15,19,33H2,(H,35,37)(H,36,40)/t23-/m1/s1. The Bertz CT molecular complexity index is 1410. The number of rotatable bonds is 11. The van der Waals surface area contributed by atoms with Crippen molar-refractivity contribution < 1.29 is 18.4 Å². The van der Waals surface area contributed by atoms with Crippen LogP contribution in [-0.4, -0.2) is 53.9 Å². The molecule has 2 aromatic carbocycles. The van der Waals surface area contributed by atoms with E-state index in [1.165, 1.54) is 12.1 Å². The molecule has 40 heavy (non-hydrogen) atoms. The van der Waals surface area contributed by atoms with Crippen molar-refractivity contribution in [3.8, 4) is 17.3 Å².